The van der Waals surface area contributed by atoms with Crippen LogP contribution in [0, 0.1) is 17.1 Å². The lowest BCUT2D eigenvalue weighted by Gasteiger charge is -2.17. The summed E-state index contributed by atoms with van der Waals surface area (Å²) in [6.07, 6.45) is -1.57. The molecule has 2 heterocycles. The van der Waals surface area contributed by atoms with E-state index in [-0.39, 0.29) is 30.1 Å². The maximum atomic E-state index is 15.5. The van der Waals surface area contributed by atoms with Crippen molar-refractivity contribution < 1.29 is 17.6 Å². The predicted octanol–water partition coefficient (Wildman–Crippen LogP) is 5.28. The minimum atomic E-state index is -4.84. The summed E-state index contributed by atoms with van der Waals surface area (Å²) >= 11 is 5.82. The normalized spacial score (nSPS) is 14.3. The average Bonchev–Trinajstić information content (AvgIpc) is 3.37. The van der Waals surface area contributed by atoms with Gasteiger partial charge in [0.1, 0.15) is 11.2 Å². The zero-order valence-corrected chi connectivity index (χ0v) is 15.6. The van der Waals surface area contributed by atoms with E-state index in [1.807, 2.05) is 6.07 Å². The van der Waals surface area contributed by atoms with Gasteiger partial charge in [0, 0.05) is 29.5 Å². The van der Waals surface area contributed by atoms with E-state index >= 15 is 4.39 Å². The van der Waals surface area contributed by atoms with Gasteiger partial charge >= 0.3 is 6.18 Å². The molecule has 0 radical (unpaired) electrons. The summed E-state index contributed by atoms with van der Waals surface area (Å²) in [7, 11) is 0. The average molecular weight is 424 g/mol. The number of halogens is 5. The Morgan fingerprint density at radius 2 is 2.03 bits per heavy atom. The van der Waals surface area contributed by atoms with E-state index in [1.165, 1.54) is 10.9 Å². The molecule has 4 rings (SSSR count). The molecule has 2 aromatic heterocycles. The maximum Gasteiger partial charge on any atom is 0.418 e. The Labute approximate surface area is 167 Å². The lowest BCUT2D eigenvalue weighted by atomic mass is 10.00. The third-order valence-corrected chi connectivity index (χ3v) is 5.08. The molecular weight excluding hydrogens is 410 g/mol. The van der Waals surface area contributed by atoms with Crippen molar-refractivity contribution in [3.8, 4) is 17.3 Å². The molecule has 3 aromatic rings. The fourth-order valence-electron chi connectivity index (χ4n) is 3.39. The number of nitrogens with zero attached hydrogens (tertiary/aromatic N) is 4. The van der Waals surface area contributed by atoms with E-state index in [4.69, 9.17) is 22.6 Å². The number of fused-ring (bicyclic) bond motifs is 1. The summed E-state index contributed by atoms with van der Waals surface area (Å²) in [6.45, 7) is 0. The first-order valence-corrected chi connectivity index (χ1v) is 9.19. The highest BCUT2D eigenvalue weighted by molar-refractivity contribution is 6.32. The Kier molecular flexibility index (Phi) is 4.62. The second kappa shape index (κ2) is 6.88. The Balaban J connectivity index is 2.06. The van der Waals surface area contributed by atoms with Crippen molar-refractivity contribution in [2.75, 3.05) is 5.73 Å². The predicted molar refractivity (Wildman–Crippen MR) is 99.6 cm³/mol. The van der Waals surface area contributed by atoms with Crippen molar-refractivity contribution in [2.24, 2.45) is 0 Å². The number of nitrogen functional groups attached to an aromatic ring is 1. The first-order valence-electron chi connectivity index (χ1n) is 8.81. The molecule has 5 nitrogen and oxygen atoms in total. The molecule has 0 amide bonds. The molecule has 0 spiro atoms. The molecular formula is C19H14ClF4N5. The number of hydrogen-bond acceptors (Lipinski definition) is 4. The number of rotatable bonds is 4. The Hall–Kier alpha value is -2.86. The van der Waals surface area contributed by atoms with Crippen LogP contribution in [0.2, 0.25) is 5.02 Å². The van der Waals surface area contributed by atoms with Crippen LogP contribution in [0.4, 0.5) is 23.2 Å². The zero-order valence-electron chi connectivity index (χ0n) is 14.9. The van der Waals surface area contributed by atoms with E-state index in [1.54, 1.807) is 0 Å². The monoisotopic (exact) mass is 423 g/mol. The third-order valence-electron chi connectivity index (χ3n) is 4.79. The number of aromatic nitrogens is 3. The molecule has 0 saturated heterocycles. The van der Waals surface area contributed by atoms with Crippen molar-refractivity contribution in [1.29, 1.82) is 5.26 Å². The molecule has 0 aliphatic heterocycles. The Morgan fingerprint density at radius 1 is 1.31 bits per heavy atom. The smallest absolute Gasteiger partial charge is 0.399 e. The zero-order chi connectivity index (χ0) is 20.9. The number of benzene rings is 1. The first kappa shape index (κ1) is 19.5. The summed E-state index contributed by atoms with van der Waals surface area (Å²) in [4.78, 5) is 4.16. The van der Waals surface area contributed by atoms with Crippen LogP contribution in [0.1, 0.15) is 36.6 Å². The van der Waals surface area contributed by atoms with Gasteiger partial charge in [-0.15, -0.1) is 0 Å². The van der Waals surface area contributed by atoms with E-state index in [9.17, 15) is 13.2 Å². The molecule has 0 atom stereocenters. The van der Waals surface area contributed by atoms with E-state index in [0.717, 1.165) is 25.0 Å². The fourth-order valence-corrected chi connectivity index (χ4v) is 3.73. The van der Waals surface area contributed by atoms with Gasteiger partial charge in [0.2, 0.25) is 0 Å². The molecule has 1 saturated carbocycles. The van der Waals surface area contributed by atoms with Gasteiger partial charge in [0.15, 0.2) is 5.82 Å². The van der Waals surface area contributed by atoms with Crippen LogP contribution in [0.3, 0.4) is 0 Å². The lowest BCUT2D eigenvalue weighted by molar-refractivity contribution is -0.137. The highest BCUT2D eigenvalue weighted by atomic mass is 35.5. The quantitative estimate of drug-likeness (QED) is 0.457. The van der Waals surface area contributed by atoms with Gasteiger partial charge in [-0.1, -0.05) is 11.6 Å². The first-order chi connectivity index (χ1) is 13.7. The molecule has 150 valence electrons. The highest BCUT2D eigenvalue weighted by Crippen LogP contribution is 2.45. The number of aryl methyl sites for hydroxylation is 1. The van der Waals surface area contributed by atoms with Crippen molar-refractivity contribution in [3.05, 3.63) is 40.4 Å². The number of nitriles is 1. The lowest BCUT2D eigenvalue weighted by Crippen LogP contribution is -2.11. The summed E-state index contributed by atoms with van der Waals surface area (Å²) < 4.78 is 58.1. The maximum absolute atomic E-state index is 15.5. The summed E-state index contributed by atoms with van der Waals surface area (Å²) in [5, 5.41) is 12.9. The molecule has 2 N–H and O–H groups in total. The van der Waals surface area contributed by atoms with Crippen LogP contribution in [-0.2, 0) is 12.6 Å². The van der Waals surface area contributed by atoms with Gasteiger partial charge in [0.05, 0.1) is 34.6 Å². The van der Waals surface area contributed by atoms with E-state index < -0.39 is 33.8 Å². The second-order valence-corrected chi connectivity index (χ2v) is 7.29. The van der Waals surface area contributed by atoms with Crippen LogP contribution >= 0.6 is 11.6 Å². The SMILES string of the molecule is N#CCCc1nc(-c2cc(N)cc(Cl)c2C(F)(F)F)c(F)c2c1cnn2C1CC1. The largest absolute Gasteiger partial charge is 0.418 e. The van der Waals surface area contributed by atoms with Crippen LogP contribution in [0.25, 0.3) is 22.2 Å². The summed E-state index contributed by atoms with van der Waals surface area (Å²) in [5.41, 5.74) is 3.78. The van der Waals surface area contributed by atoms with Gasteiger partial charge in [-0.25, -0.2) is 9.37 Å². The number of hydrogen-bond donors (Lipinski definition) is 1. The van der Waals surface area contributed by atoms with Gasteiger partial charge in [-0.05, 0) is 25.0 Å². The van der Waals surface area contributed by atoms with Crippen LogP contribution in [0.15, 0.2) is 18.3 Å². The number of pyridine rings is 1. The summed E-state index contributed by atoms with van der Waals surface area (Å²) in [6, 6.07) is 3.94. The molecule has 1 aliphatic carbocycles. The minimum absolute atomic E-state index is 0.00687. The number of anilines is 1. The van der Waals surface area contributed by atoms with Gasteiger partial charge in [-0.2, -0.15) is 23.5 Å². The number of nitrogens with two attached hydrogens (primary N) is 1. The van der Waals surface area contributed by atoms with Crippen molar-refractivity contribution in [2.45, 2.75) is 37.9 Å². The fraction of sp³-hybridized carbons (Fsp3) is 0.316. The molecule has 0 unspecified atom stereocenters. The Bertz CT molecular complexity index is 1160. The van der Waals surface area contributed by atoms with Crippen molar-refractivity contribution >= 4 is 28.2 Å². The van der Waals surface area contributed by atoms with Gasteiger partial charge < -0.3 is 5.73 Å². The molecule has 1 aromatic carbocycles. The molecule has 1 aliphatic rings. The molecule has 29 heavy (non-hydrogen) atoms. The van der Waals surface area contributed by atoms with Crippen LogP contribution < -0.4 is 5.73 Å². The van der Waals surface area contributed by atoms with E-state index in [0.29, 0.717) is 11.1 Å². The molecule has 1 fully saturated rings. The van der Waals surface area contributed by atoms with Gasteiger partial charge in [-0.3, -0.25) is 4.68 Å². The van der Waals surface area contributed by atoms with E-state index in [2.05, 4.69) is 10.1 Å². The van der Waals surface area contributed by atoms with Crippen molar-refractivity contribution in [3.63, 3.8) is 0 Å². The number of alkyl halides is 3. The van der Waals surface area contributed by atoms with Crippen LogP contribution in [-0.4, -0.2) is 14.8 Å². The van der Waals surface area contributed by atoms with Crippen LogP contribution in [0.5, 0.6) is 0 Å². The van der Waals surface area contributed by atoms with Crippen molar-refractivity contribution in [1.82, 2.24) is 14.8 Å². The van der Waals surface area contributed by atoms with Gasteiger partial charge in [0.25, 0.3) is 0 Å². The second-order valence-electron chi connectivity index (χ2n) is 6.88. The topological polar surface area (TPSA) is 80.5 Å². The Morgan fingerprint density at radius 3 is 2.66 bits per heavy atom. The summed E-state index contributed by atoms with van der Waals surface area (Å²) in [5.74, 6) is -0.919. The highest BCUT2D eigenvalue weighted by Gasteiger charge is 2.38. The molecule has 0 bridgehead atoms. The molecule has 10 heteroatoms. The standard InChI is InChI=1S/C19H14ClF4N5/c20-13-7-9(26)6-11(15(13)19(22,23)24)17-16(21)18-12(14(28-17)2-1-5-25)8-27-29(18)10-3-4-10/h6-8,10H,1-4,26H2. The minimum Gasteiger partial charge on any atom is -0.399 e. The third kappa shape index (κ3) is 3.38.